The first-order valence-corrected chi connectivity index (χ1v) is 12.6. The van der Waals surface area contributed by atoms with Crippen LogP contribution in [0.2, 0.25) is 0 Å². The van der Waals surface area contributed by atoms with Crippen LogP contribution in [0.5, 0.6) is 0 Å². The van der Waals surface area contributed by atoms with Gasteiger partial charge in [-0.25, -0.2) is 9.55 Å². The maximum atomic E-state index is 4.96. The number of rotatable bonds is 3. The number of pyridine rings is 1. The van der Waals surface area contributed by atoms with Gasteiger partial charge in [0.05, 0.1) is 10.6 Å². The minimum atomic E-state index is 0.0508. The molecule has 0 atom stereocenters. The number of fused-ring (bicyclic) bond motifs is 1. The molecule has 0 unspecified atom stereocenters. The fourth-order valence-corrected chi connectivity index (χ4v) is 5.82. The van der Waals surface area contributed by atoms with E-state index in [-0.39, 0.29) is 5.41 Å². The summed E-state index contributed by atoms with van der Waals surface area (Å²) in [6.07, 6.45) is 2.16. The molecule has 170 valence electrons. The molecule has 0 aliphatic heterocycles. The highest BCUT2D eigenvalue weighted by molar-refractivity contribution is 7.18. The van der Waals surface area contributed by atoms with Crippen LogP contribution in [-0.4, -0.2) is 4.98 Å². The first-order valence-electron chi connectivity index (χ1n) is 11.8. The van der Waals surface area contributed by atoms with E-state index >= 15 is 0 Å². The Morgan fingerprint density at radius 2 is 1.47 bits per heavy atom. The molecule has 0 aliphatic rings. The number of hydrogen-bond donors (Lipinski definition) is 0. The number of thiazole rings is 1. The zero-order chi connectivity index (χ0) is 24.0. The molecule has 3 heteroatoms. The van der Waals surface area contributed by atoms with Gasteiger partial charge in [-0.15, -0.1) is 11.3 Å². The van der Waals surface area contributed by atoms with E-state index in [1.54, 1.807) is 11.3 Å². The molecule has 0 bridgehead atoms. The van der Waals surface area contributed by atoms with Crippen molar-refractivity contribution in [2.75, 3.05) is 0 Å². The molecule has 0 amide bonds. The lowest BCUT2D eigenvalue weighted by Gasteiger charge is -2.23. The van der Waals surface area contributed by atoms with E-state index in [1.807, 2.05) is 0 Å². The Morgan fingerprint density at radius 1 is 0.794 bits per heavy atom. The normalized spacial score (nSPS) is 11.8. The minimum Gasteiger partial charge on any atom is -0.241 e. The zero-order valence-electron chi connectivity index (χ0n) is 20.8. The van der Waals surface area contributed by atoms with Crippen LogP contribution in [0.3, 0.4) is 0 Å². The number of nitrogens with zero attached hydrogens (tertiary/aromatic N) is 2. The van der Waals surface area contributed by atoms with Crippen LogP contribution in [0.4, 0.5) is 0 Å². The van der Waals surface area contributed by atoms with E-state index in [0.717, 1.165) is 16.3 Å². The smallest absolute Gasteiger partial charge is 0.213 e. The molecule has 34 heavy (non-hydrogen) atoms. The second kappa shape index (κ2) is 8.48. The minimum absolute atomic E-state index is 0.0508. The standard InChI is InChI=1S/C31H31N2S/c1-20-24-14-10-11-15-25(24)27(31(3,4)5)19-26(20)28-18-23(16-17-33(28)6)30-32-21(2)29(34-30)22-12-8-7-9-13-22/h7-19H,1-6H3/q+1. The lowest BCUT2D eigenvalue weighted by Crippen LogP contribution is -2.30. The Balaban J connectivity index is 1.69. The van der Waals surface area contributed by atoms with Crippen LogP contribution >= 0.6 is 11.3 Å². The lowest BCUT2D eigenvalue weighted by atomic mass is 9.80. The van der Waals surface area contributed by atoms with Crippen LogP contribution < -0.4 is 4.57 Å². The zero-order valence-corrected chi connectivity index (χ0v) is 21.6. The third kappa shape index (κ3) is 3.95. The molecule has 2 heterocycles. The van der Waals surface area contributed by atoms with E-state index in [4.69, 9.17) is 4.98 Å². The molecule has 0 saturated heterocycles. The first kappa shape index (κ1) is 22.5. The lowest BCUT2D eigenvalue weighted by molar-refractivity contribution is -0.660. The van der Waals surface area contributed by atoms with Crippen molar-refractivity contribution in [1.82, 2.24) is 4.98 Å². The SMILES string of the molecule is Cc1nc(-c2cc[n+](C)c(-c3cc(C(C)(C)C)c4ccccc4c3C)c2)sc1-c1ccccc1. The Morgan fingerprint density at radius 3 is 2.18 bits per heavy atom. The number of benzene rings is 3. The molecule has 0 N–H and O–H groups in total. The molecule has 0 saturated carbocycles. The van der Waals surface area contributed by atoms with Crippen molar-refractivity contribution in [3.63, 3.8) is 0 Å². The summed E-state index contributed by atoms with van der Waals surface area (Å²) in [6, 6.07) is 26.2. The number of hydrogen-bond acceptors (Lipinski definition) is 2. The third-order valence-corrected chi connectivity index (χ3v) is 7.88. The molecule has 0 fully saturated rings. The van der Waals surface area contributed by atoms with Gasteiger partial charge in [0, 0.05) is 23.3 Å². The molecule has 3 aromatic carbocycles. The van der Waals surface area contributed by atoms with Gasteiger partial charge in [-0.3, -0.25) is 0 Å². The fourth-order valence-electron chi connectivity index (χ4n) is 4.75. The summed E-state index contributed by atoms with van der Waals surface area (Å²) >= 11 is 1.77. The summed E-state index contributed by atoms with van der Waals surface area (Å²) in [6.45, 7) is 11.3. The second-order valence-corrected chi connectivity index (χ2v) is 11.1. The van der Waals surface area contributed by atoms with E-state index in [0.29, 0.717) is 0 Å². The Kier molecular flexibility index (Phi) is 5.61. The molecule has 0 spiro atoms. The Labute approximate surface area is 206 Å². The van der Waals surface area contributed by atoms with Gasteiger partial charge in [0.1, 0.15) is 12.1 Å². The Hall–Kier alpha value is -3.30. The molecule has 2 aromatic heterocycles. The summed E-state index contributed by atoms with van der Waals surface area (Å²) < 4.78 is 2.23. The van der Waals surface area contributed by atoms with Gasteiger partial charge in [0.15, 0.2) is 6.20 Å². The van der Waals surface area contributed by atoms with Crippen LogP contribution in [0.25, 0.3) is 43.0 Å². The van der Waals surface area contributed by atoms with E-state index in [9.17, 15) is 0 Å². The van der Waals surface area contributed by atoms with Gasteiger partial charge in [-0.05, 0) is 52.8 Å². The van der Waals surface area contributed by atoms with Crippen LogP contribution in [0.15, 0.2) is 79.0 Å². The summed E-state index contributed by atoms with van der Waals surface area (Å²) in [5.74, 6) is 0. The highest BCUT2D eigenvalue weighted by Gasteiger charge is 2.24. The quantitative estimate of drug-likeness (QED) is 0.247. The van der Waals surface area contributed by atoms with Crippen molar-refractivity contribution in [2.24, 2.45) is 7.05 Å². The number of aromatic nitrogens is 2. The van der Waals surface area contributed by atoms with Crippen molar-refractivity contribution in [2.45, 2.75) is 40.0 Å². The van der Waals surface area contributed by atoms with Gasteiger partial charge in [-0.2, -0.15) is 0 Å². The van der Waals surface area contributed by atoms with E-state index in [2.05, 4.69) is 125 Å². The van der Waals surface area contributed by atoms with E-state index in [1.165, 1.54) is 43.6 Å². The molecular weight excluding hydrogens is 432 g/mol. The largest absolute Gasteiger partial charge is 0.241 e. The van der Waals surface area contributed by atoms with Crippen molar-refractivity contribution < 1.29 is 4.57 Å². The highest BCUT2D eigenvalue weighted by atomic mass is 32.1. The van der Waals surface area contributed by atoms with Gasteiger partial charge in [-0.1, -0.05) is 75.4 Å². The topological polar surface area (TPSA) is 16.8 Å². The number of aryl methyl sites for hydroxylation is 3. The van der Waals surface area contributed by atoms with Gasteiger partial charge in [0.2, 0.25) is 5.69 Å². The predicted molar refractivity (Wildman–Crippen MR) is 145 cm³/mol. The maximum Gasteiger partial charge on any atom is 0.213 e. The maximum absolute atomic E-state index is 4.96. The van der Waals surface area contributed by atoms with Crippen LogP contribution in [0.1, 0.15) is 37.6 Å². The third-order valence-electron chi connectivity index (χ3n) is 6.63. The average Bonchev–Trinajstić information content (AvgIpc) is 3.21. The summed E-state index contributed by atoms with van der Waals surface area (Å²) in [7, 11) is 2.13. The molecular formula is C31H31N2S+. The van der Waals surface area contributed by atoms with Crippen molar-refractivity contribution in [3.05, 3.63) is 95.8 Å². The van der Waals surface area contributed by atoms with Gasteiger partial charge < -0.3 is 0 Å². The summed E-state index contributed by atoms with van der Waals surface area (Å²) in [5, 5.41) is 3.73. The van der Waals surface area contributed by atoms with Crippen LogP contribution in [-0.2, 0) is 12.5 Å². The molecule has 2 nitrogen and oxygen atoms in total. The highest BCUT2D eigenvalue weighted by Crippen LogP contribution is 2.39. The second-order valence-electron chi connectivity index (χ2n) is 10.1. The average molecular weight is 464 g/mol. The Bertz CT molecular complexity index is 1500. The van der Waals surface area contributed by atoms with Crippen molar-refractivity contribution in [3.8, 4) is 32.3 Å². The predicted octanol–water partition coefficient (Wildman–Crippen LogP) is 8.04. The van der Waals surface area contributed by atoms with Gasteiger partial charge in [0.25, 0.3) is 0 Å². The van der Waals surface area contributed by atoms with Crippen LogP contribution in [0, 0.1) is 13.8 Å². The summed E-state index contributed by atoms with van der Waals surface area (Å²) in [5.41, 5.74) is 8.71. The van der Waals surface area contributed by atoms with Gasteiger partial charge >= 0.3 is 0 Å². The first-order chi connectivity index (χ1) is 16.2. The van der Waals surface area contributed by atoms with E-state index < -0.39 is 0 Å². The van der Waals surface area contributed by atoms with Crippen molar-refractivity contribution >= 4 is 22.1 Å². The molecule has 0 radical (unpaired) electrons. The van der Waals surface area contributed by atoms with Crippen molar-refractivity contribution in [1.29, 1.82) is 0 Å². The molecule has 5 aromatic rings. The summed E-state index contributed by atoms with van der Waals surface area (Å²) in [4.78, 5) is 6.20. The molecule has 5 rings (SSSR count). The fraction of sp³-hybridized carbons (Fsp3) is 0.226. The molecule has 0 aliphatic carbocycles. The monoisotopic (exact) mass is 463 g/mol.